The van der Waals surface area contributed by atoms with Crippen LogP contribution in [-0.4, -0.2) is 47.0 Å². The number of pyridine rings is 1. The highest BCUT2D eigenvalue weighted by molar-refractivity contribution is 6.02. The molecule has 1 amide bonds. The Morgan fingerprint density at radius 2 is 2.00 bits per heavy atom. The van der Waals surface area contributed by atoms with Gasteiger partial charge in [0.2, 0.25) is 0 Å². The summed E-state index contributed by atoms with van der Waals surface area (Å²) in [6, 6.07) is 6.22. The molecule has 0 radical (unpaired) electrons. The normalized spacial score (nSPS) is 13.9. The van der Waals surface area contributed by atoms with E-state index in [1.165, 1.54) is 12.1 Å². The Labute approximate surface area is 144 Å². The number of nitrogens with zero attached hydrogens (tertiary/aromatic N) is 3. The van der Waals surface area contributed by atoms with E-state index >= 15 is 0 Å². The van der Waals surface area contributed by atoms with Crippen molar-refractivity contribution >= 4 is 35.6 Å². The molecule has 10 heteroatoms. The SMILES string of the molecule is Cl.O=C(Nc1ccc(N2CCNCC2)cn1)c1ccc([N+](=O)[O-])[nH]1. The molecule has 0 aliphatic carbocycles. The van der Waals surface area contributed by atoms with Gasteiger partial charge in [-0.05, 0) is 23.1 Å². The van der Waals surface area contributed by atoms with Gasteiger partial charge >= 0.3 is 5.82 Å². The fourth-order valence-corrected chi connectivity index (χ4v) is 2.38. The number of nitrogens with one attached hydrogen (secondary N) is 3. The largest absolute Gasteiger partial charge is 0.368 e. The number of aromatic amines is 1. The van der Waals surface area contributed by atoms with Crippen molar-refractivity contribution in [3.63, 3.8) is 0 Å². The molecule has 1 aliphatic heterocycles. The fraction of sp³-hybridized carbons (Fsp3) is 0.286. The summed E-state index contributed by atoms with van der Waals surface area (Å²) < 4.78 is 0. The van der Waals surface area contributed by atoms with Crippen molar-refractivity contribution in [3.05, 3.63) is 46.3 Å². The van der Waals surface area contributed by atoms with E-state index in [0.29, 0.717) is 5.82 Å². The molecule has 1 fully saturated rings. The van der Waals surface area contributed by atoms with Crippen molar-refractivity contribution in [2.45, 2.75) is 0 Å². The van der Waals surface area contributed by atoms with Gasteiger partial charge in [-0.15, -0.1) is 12.4 Å². The molecule has 2 aromatic rings. The van der Waals surface area contributed by atoms with Gasteiger partial charge in [0.15, 0.2) is 5.69 Å². The van der Waals surface area contributed by atoms with Crippen LogP contribution in [0.25, 0.3) is 0 Å². The Bertz CT molecular complexity index is 712. The molecular weight excluding hydrogens is 336 g/mol. The lowest BCUT2D eigenvalue weighted by Gasteiger charge is -2.29. The molecule has 128 valence electrons. The number of amides is 1. The molecule has 2 aromatic heterocycles. The molecule has 0 aromatic carbocycles. The van der Waals surface area contributed by atoms with E-state index in [0.717, 1.165) is 31.9 Å². The van der Waals surface area contributed by atoms with Crippen molar-refractivity contribution < 1.29 is 9.72 Å². The van der Waals surface area contributed by atoms with Crippen LogP contribution in [0.3, 0.4) is 0 Å². The third-order valence-electron chi connectivity index (χ3n) is 3.58. The quantitative estimate of drug-likeness (QED) is 0.565. The van der Waals surface area contributed by atoms with E-state index < -0.39 is 10.8 Å². The average Bonchev–Trinajstić information content (AvgIpc) is 3.07. The van der Waals surface area contributed by atoms with Crippen LogP contribution in [0.1, 0.15) is 10.5 Å². The second-order valence-electron chi connectivity index (χ2n) is 5.11. The smallest absolute Gasteiger partial charge is 0.321 e. The Morgan fingerprint density at radius 1 is 1.25 bits per heavy atom. The first-order valence-electron chi connectivity index (χ1n) is 7.20. The van der Waals surface area contributed by atoms with Crippen LogP contribution in [-0.2, 0) is 0 Å². The monoisotopic (exact) mass is 352 g/mol. The van der Waals surface area contributed by atoms with Crippen LogP contribution >= 0.6 is 12.4 Å². The zero-order valence-corrected chi connectivity index (χ0v) is 13.5. The highest BCUT2D eigenvalue weighted by atomic mass is 35.5. The Balaban J connectivity index is 0.00000208. The summed E-state index contributed by atoms with van der Waals surface area (Å²) in [7, 11) is 0. The van der Waals surface area contributed by atoms with Crippen molar-refractivity contribution in [1.29, 1.82) is 0 Å². The zero-order chi connectivity index (χ0) is 16.2. The molecule has 0 unspecified atom stereocenters. The van der Waals surface area contributed by atoms with E-state index in [-0.39, 0.29) is 23.9 Å². The van der Waals surface area contributed by atoms with Crippen LogP contribution < -0.4 is 15.5 Å². The summed E-state index contributed by atoms with van der Waals surface area (Å²) in [5, 5.41) is 16.5. The standard InChI is InChI=1S/C14H16N6O3.ClH/c21-14(11-2-4-13(17-11)20(22)23)18-12-3-1-10(9-16-12)19-7-5-15-6-8-19;/h1-4,9,15,17H,5-8H2,(H,16,18,21);1H. The van der Waals surface area contributed by atoms with E-state index in [2.05, 4.69) is 25.5 Å². The molecule has 0 saturated carbocycles. The zero-order valence-electron chi connectivity index (χ0n) is 12.7. The molecule has 1 saturated heterocycles. The Morgan fingerprint density at radius 3 is 2.58 bits per heavy atom. The lowest BCUT2D eigenvalue weighted by Crippen LogP contribution is -2.43. The minimum atomic E-state index is -0.586. The third kappa shape index (κ3) is 4.00. The van der Waals surface area contributed by atoms with Crippen LogP contribution in [0.15, 0.2) is 30.5 Å². The molecule has 3 heterocycles. The number of rotatable bonds is 4. The van der Waals surface area contributed by atoms with Gasteiger partial charge < -0.3 is 25.6 Å². The van der Waals surface area contributed by atoms with Crippen molar-refractivity contribution in [1.82, 2.24) is 15.3 Å². The number of hydrogen-bond acceptors (Lipinski definition) is 6. The number of piperazine rings is 1. The minimum Gasteiger partial charge on any atom is -0.368 e. The molecule has 3 N–H and O–H groups in total. The van der Waals surface area contributed by atoms with Gasteiger partial charge in [0.05, 0.1) is 11.9 Å². The maximum atomic E-state index is 12.0. The van der Waals surface area contributed by atoms with E-state index in [9.17, 15) is 14.9 Å². The number of nitro groups is 1. The third-order valence-corrected chi connectivity index (χ3v) is 3.58. The second kappa shape index (κ2) is 7.75. The van der Waals surface area contributed by atoms with Crippen LogP contribution in [0.2, 0.25) is 0 Å². The number of carbonyl (C=O) groups is 1. The average molecular weight is 353 g/mol. The number of anilines is 2. The summed E-state index contributed by atoms with van der Waals surface area (Å²) in [4.78, 5) is 30.9. The maximum Gasteiger partial charge on any atom is 0.321 e. The number of H-pyrrole nitrogens is 1. The highest BCUT2D eigenvalue weighted by Crippen LogP contribution is 2.16. The number of hydrogen-bond donors (Lipinski definition) is 3. The van der Waals surface area contributed by atoms with Crippen molar-refractivity contribution in [2.24, 2.45) is 0 Å². The van der Waals surface area contributed by atoms with E-state index in [1.807, 2.05) is 6.07 Å². The Hall–Kier alpha value is -2.65. The summed E-state index contributed by atoms with van der Waals surface area (Å²) in [6.07, 6.45) is 1.71. The van der Waals surface area contributed by atoms with Gasteiger partial charge in [-0.2, -0.15) is 0 Å². The van der Waals surface area contributed by atoms with Gasteiger partial charge in [-0.25, -0.2) is 9.97 Å². The molecule has 0 atom stereocenters. The first-order chi connectivity index (χ1) is 11.1. The summed E-state index contributed by atoms with van der Waals surface area (Å²) in [5.74, 6) is -0.302. The first-order valence-corrected chi connectivity index (χ1v) is 7.20. The summed E-state index contributed by atoms with van der Waals surface area (Å²) in [5.41, 5.74) is 1.12. The molecule has 24 heavy (non-hydrogen) atoms. The van der Waals surface area contributed by atoms with Crippen LogP contribution in [0, 0.1) is 10.1 Å². The van der Waals surface area contributed by atoms with Gasteiger partial charge in [0, 0.05) is 32.2 Å². The Kier molecular flexibility index (Phi) is 5.72. The van der Waals surface area contributed by atoms with Gasteiger partial charge in [-0.3, -0.25) is 4.79 Å². The maximum absolute atomic E-state index is 12.0. The molecule has 0 bridgehead atoms. The molecule has 1 aliphatic rings. The predicted octanol–water partition coefficient (Wildman–Crippen LogP) is 1.40. The fourth-order valence-electron chi connectivity index (χ4n) is 2.38. The molecule has 9 nitrogen and oxygen atoms in total. The number of carbonyl (C=O) groups excluding carboxylic acids is 1. The van der Waals surface area contributed by atoms with Gasteiger partial charge in [0.25, 0.3) is 5.91 Å². The van der Waals surface area contributed by atoms with E-state index in [4.69, 9.17) is 0 Å². The molecular formula is C14H17ClN6O3. The van der Waals surface area contributed by atoms with Gasteiger partial charge in [-0.1, -0.05) is 0 Å². The van der Waals surface area contributed by atoms with Gasteiger partial charge in [0.1, 0.15) is 5.82 Å². The lowest BCUT2D eigenvalue weighted by atomic mass is 10.3. The molecule has 3 rings (SSSR count). The predicted molar refractivity (Wildman–Crippen MR) is 92.0 cm³/mol. The van der Waals surface area contributed by atoms with Crippen LogP contribution in [0.5, 0.6) is 0 Å². The highest BCUT2D eigenvalue weighted by Gasteiger charge is 2.16. The van der Waals surface area contributed by atoms with Crippen molar-refractivity contribution in [3.8, 4) is 0 Å². The van der Waals surface area contributed by atoms with E-state index in [1.54, 1.807) is 12.3 Å². The van der Waals surface area contributed by atoms with Crippen molar-refractivity contribution in [2.75, 3.05) is 36.4 Å². The first kappa shape index (κ1) is 17.7. The minimum absolute atomic E-state index is 0. The topological polar surface area (TPSA) is 116 Å². The summed E-state index contributed by atoms with van der Waals surface area (Å²) in [6.45, 7) is 3.70. The molecule has 0 spiro atoms. The number of halogens is 1. The number of aromatic nitrogens is 2. The van der Waals surface area contributed by atoms with Crippen LogP contribution in [0.4, 0.5) is 17.3 Å². The summed E-state index contributed by atoms with van der Waals surface area (Å²) >= 11 is 0. The lowest BCUT2D eigenvalue weighted by molar-refractivity contribution is -0.389. The second-order valence-corrected chi connectivity index (χ2v) is 5.11.